The molecule has 0 bridgehead atoms. The molecule has 1 N–H and O–H groups in total. The van der Waals surface area contributed by atoms with Gasteiger partial charge in [0.05, 0.1) is 30.1 Å². The van der Waals surface area contributed by atoms with E-state index in [4.69, 9.17) is 16.3 Å². The van der Waals surface area contributed by atoms with Crippen molar-refractivity contribution in [2.45, 2.75) is 51.7 Å². The minimum absolute atomic E-state index is 0.132. The van der Waals surface area contributed by atoms with Crippen molar-refractivity contribution in [2.75, 3.05) is 13.7 Å². The van der Waals surface area contributed by atoms with Crippen molar-refractivity contribution < 1.29 is 9.84 Å². The monoisotopic (exact) mass is 286 g/mol. The molecule has 1 aromatic heterocycles. The number of nitrogens with zero attached hydrogens (tertiary/aromatic N) is 2. The summed E-state index contributed by atoms with van der Waals surface area (Å²) in [5.74, 6) is 0. The summed E-state index contributed by atoms with van der Waals surface area (Å²) in [6, 6.07) is 0. The lowest BCUT2D eigenvalue weighted by molar-refractivity contribution is -0.0509. The molecule has 4 nitrogen and oxygen atoms in total. The van der Waals surface area contributed by atoms with Crippen molar-refractivity contribution in [1.29, 1.82) is 0 Å². The molecule has 5 heteroatoms. The third-order valence-electron chi connectivity index (χ3n) is 3.96. The highest BCUT2D eigenvalue weighted by atomic mass is 35.5. The zero-order chi connectivity index (χ0) is 14.1. The van der Waals surface area contributed by atoms with Crippen LogP contribution in [0.25, 0.3) is 0 Å². The first-order valence-corrected chi connectivity index (χ1v) is 7.19. The molecule has 1 aromatic rings. The van der Waals surface area contributed by atoms with Crippen molar-refractivity contribution in [2.24, 2.45) is 5.41 Å². The lowest BCUT2D eigenvalue weighted by Crippen LogP contribution is -2.38. The molecule has 0 saturated heterocycles. The van der Waals surface area contributed by atoms with E-state index < -0.39 is 5.60 Å². The molecule has 1 aliphatic carbocycles. The van der Waals surface area contributed by atoms with Crippen molar-refractivity contribution >= 4 is 11.6 Å². The predicted molar refractivity (Wildman–Crippen MR) is 75.3 cm³/mol. The fraction of sp³-hybridized carbons (Fsp3) is 0.786. The molecule has 0 aromatic carbocycles. The molecule has 1 atom stereocenters. The van der Waals surface area contributed by atoms with E-state index in [1.165, 1.54) is 0 Å². The molecular weight excluding hydrogens is 264 g/mol. The van der Waals surface area contributed by atoms with Crippen molar-refractivity contribution in [3.8, 4) is 0 Å². The number of ether oxygens (including phenoxy) is 1. The minimum Gasteiger partial charge on any atom is -0.383 e. The van der Waals surface area contributed by atoms with Gasteiger partial charge in [-0.05, 0) is 31.1 Å². The van der Waals surface area contributed by atoms with E-state index in [1.54, 1.807) is 18.0 Å². The Morgan fingerprint density at radius 3 is 2.84 bits per heavy atom. The number of halogens is 1. The third kappa shape index (κ3) is 3.12. The number of hydrogen-bond donors (Lipinski definition) is 1. The molecule has 19 heavy (non-hydrogen) atoms. The second-order valence-electron chi connectivity index (χ2n) is 6.28. The van der Waals surface area contributed by atoms with Gasteiger partial charge in [-0.25, -0.2) is 0 Å². The highest BCUT2D eigenvalue weighted by molar-refractivity contribution is 6.31. The Balaban J connectivity index is 2.31. The van der Waals surface area contributed by atoms with Crippen LogP contribution in [0.3, 0.4) is 0 Å². The van der Waals surface area contributed by atoms with Crippen LogP contribution < -0.4 is 0 Å². The lowest BCUT2D eigenvalue weighted by atomic mass is 9.68. The van der Waals surface area contributed by atoms with Gasteiger partial charge in [0, 0.05) is 7.11 Å². The van der Waals surface area contributed by atoms with Gasteiger partial charge in [0.15, 0.2) is 0 Å². The lowest BCUT2D eigenvalue weighted by Gasteiger charge is -2.41. The maximum absolute atomic E-state index is 11.0. The predicted octanol–water partition coefficient (Wildman–Crippen LogP) is 2.97. The number of aliphatic hydroxyl groups is 1. The quantitative estimate of drug-likeness (QED) is 0.926. The van der Waals surface area contributed by atoms with E-state index in [-0.39, 0.29) is 5.41 Å². The summed E-state index contributed by atoms with van der Waals surface area (Å²) in [5, 5.41) is 15.9. The maximum atomic E-state index is 11.0. The van der Waals surface area contributed by atoms with Crippen molar-refractivity contribution in [3.63, 3.8) is 0 Å². The molecule has 1 unspecified atom stereocenters. The van der Waals surface area contributed by atoms with Gasteiger partial charge in [-0.15, -0.1) is 0 Å². The number of rotatable bonds is 4. The Kier molecular flexibility index (Phi) is 4.23. The Labute approximate surface area is 119 Å². The Morgan fingerprint density at radius 2 is 2.21 bits per heavy atom. The number of methoxy groups -OCH3 is 1. The zero-order valence-corrected chi connectivity index (χ0v) is 12.7. The Morgan fingerprint density at radius 1 is 1.47 bits per heavy atom. The fourth-order valence-corrected chi connectivity index (χ4v) is 3.52. The summed E-state index contributed by atoms with van der Waals surface area (Å²) < 4.78 is 6.87. The molecule has 2 rings (SSSR count). The van der Waals surface area contributed by atoms with Gasteiger partial charge < -0.3 is 9.84 Å². The molecule has 1 fully saturated rings. The van der Waals surface area contributed by atoms with E-state index in [0.717, 1.165) is 31.4 Å². The van der Waals surface area contributed by atoms with E-state index in [2.05, 4.69) is 18.9 Å². The van der Waals surface area contributed by atoms with Crippen LogP contribution in [0.2, 0.25) is 5.02 Å². The summed E-state index contributed by atoms with van der Waals surface area (Å²) in [4.78, 5) is 0. The Hall–Kier alpha value is -0.580. The summed E-state index contributed by atoms with van der Waals surface area (Å²) in [7, 11) is 1.66. The molecule has 0 amide bonds. The second kappa shape index (κ2) is 5.43. The second-order valence-corrected chi connectivity index (χ2v) is 6.69. The van der Waals surface area contributed by atoms with Crippen LogP contribution in [0.15, 0.2) is 6.20 Å². The average Bonchev–Trinajstić information content (AvgIpc) is 2.66. The standard InChI is InChI=1S/C14H23ClN2O2/c1-13(2)5-4-6-14(18,10-13)12-11(15)9-16-17(12)7-8-19-3/h9,18H,4-8,10H2,1-3H3. The van der Waals surface area contributed by atoms with Gasteiger partial charge in [0.25, 0.3) is 0 Å². The minimum atomic E-state index is -0.872. The van der Waals surface area contributed by atoms with E-state index in [1.807, 2.05) is 0 Å². The van der Waals surface area contributed by atoms with Crippen LogP contribution in [0.1, 0.15) is 45.2 Å². The SMILES string of the molecule is COCCn1ncc(Cl)c1C1(O)CCCC(C)(C)C1. The average molecular weight is 287 g/mol. The van der Waals surface area contributed by atoms with E-state index in [0.29, 0.717) is 18.2 Å². The molecular formula is C14H23ClN2O2. The summed E-state index contributed by atoms with van der Waals surface area (Å²) in [6.45, 7) is 5.56. The van der Waals surface area contributed by atoms with Crippen LogP contribution >= 0.6 is 11.6 Å². The molecule has 108 valence electrons. The van der Waals surface area contributed by atoms with Gasteiger partial charge in [0.2, 0.25) is 0 Å². The van der Waals surface area contributed by atoms with Crippen molar-refractivity contribution in [1.82, 2.24) is 9.78 Å². The van der Waals surface area contributed by atoms with Crippen LogP contribution in [0.5, 0.6) is 0 Å². The summed E-state index contributed by atoms with van der Waals surface area (Å²) >= 11 is 6.26. The maximum Gasteiger partial charge on any atom is 0.108 e. The molecule has 1 saturated carbocycles. The molecule has 1 aliphatic rings. The van der Waals surface area contributed by atoms with Crippen LogP contribution in [0.4, 0.5) is 0 Å². The molecule has 0 spiro atoms. The van der Waals surface area contributed by atoms with Crippen LogP contribution in [-0.2, 0) is 16.9 Å². The first-order valence-electron chi connectivity index (χ1n) is 6.81. The molecule has 0 radical (unpaired) electrons. The Bertz CT molecular complexity index is 445. The van der Waals surface area contributed by atoms with Gasteiger partial charge in [-0.3, -0.25) is 4.68 Å². The summed E-state index contributed by atoms with van der Waals surface area (Å²) in [5.41, 5.74) is 0.00875. The van der Waals surface area contributed by atoms with E-state index >= 15 is 0 Å². The normalized spacial score (nSPS) is 26.6. The van der Waals surface area contributed by atoms with Gasteiger partial charge in [-0.2, -0.15) is 5.10 Å². The van der Waals surface area contributed by atoms with Crippen LogP contribution in [0, 0.1) is 5.41 Å². The fourth-order valence-electron chi connectivity index (χ4n) is 3.20. The smallest absolute Gasteiger partial charge is 0.108 e. The third-order valence-corrected chi connectivity index (χ3v) is 4.23. The van der Waals surface area contributed by atoms with Gasteiger partial charge >= 0.3 is 0 Å². The molecule has 0 aliphatic heterocycles. The number of hydrogen-bond acceptors (Lipinski definition) is 3. The van der Waals surface area contributed by atoms with Crippen molar-refractivity contribution in [3.05, 3.63) is 16.9 Å². The first-order chi connectivity index (χ1) is 8.88. The first kappa shape index (κ1) is 14.8. The highest BCUT2D eigenvalue weighted by Crippen LogP contribution is 2.47. The number of aromatic nitrogens is 2. The van der Waals surface area contributed by atoms with Crippen LogP contribution in [-0.4, -0.2) is 28.6 Å². The zero-order valence-electron chi connectivity index (χ0n) is 11.9. The molecule has 1 heterocycles. The van der Waals surface area contributed by atoms with Gasteiger partial charge in [-0.1, -0.05) is 25.4 Å². The van der Waals surface area contributed by atoms with E-state index in [9.17, 15) is 5.11 Å². The topological polar surface area (TPSA) is 47.3 Å². The highest BCUT2D eigenvalue weighted by Gasteiger charge is 2.43. The van der Waals surface area contributed by atoms with Gasteiger partial charge in [0.1, 0.15) is 5.60 Å². The largest absolute Gasteiger partial charge is 0.383 e. The summed E-state index contributed by atoms with van der Waals surface area (Å²) in [6.07, 6.45) is 5.23.